The summed E-state index contributed by atoms with van der Waals surface area (Å²) in [5.74, 6) is 1.12. The molecule has 0 bridgehead atoms. The molecule has 5 heteroatoms. The first-order valence-electron chi connectivity index (χ1n) is 9.93. The van der Waals surface area contributed by atoms with Crippen LogP contribution in [0.5, 0.6) is 0 Å². The van der Waals surface area contributed by atoms with E-state index >= 15 is 0 Å². The molecule has 1 aliphatic heterocycles. The maximum absolute atomic E-state index is 12.5. The predicted molar refractivity (Wildman–Crippen MR) is 118 cm³/mol. The van der Waals surface area contributed by atoms with Crippen LogP contribution in [0.1, 0.15) is 62.5 Å². The van der Waals surface area contributed by atoms with E-state index in [1.54, 1.807) is 11.8 Å². The molecule has 28 heavy (non-hydrogen) atoms. The van der Waals surface area contributed by atoms with Crippen LogP contribution in [0.15, 0.2) is 48.5 Å². The molecule has 2 aromatic rings. The average Bonchev–Trinajstić information content (AvgIpc) is 3.08. The van der Waals surface area contributed by atoms with Gasteiger partial charge in [0.2, 0.25) is 11.8 Å². The SMILES string of the molecule is CCCCC(=O)Nc1ccc([C@@H]2SCC(=O)N2c2ccc(C(C)C)cc2)cc1. The smallest absolute Gasteiger partial charge is 0.238 e. The molecule has 0 spiro atoms. The Labute approximate surface area is 171 Å². The van der Waals surface area contributed by atoms with Crippen molar-refractivity contribution in [3.63, 3.8) is 0 Å². The van der Waals surface area contributed by atoms with Gasteiger partial charge in [-0.05, 0) is 47.7 Å². The number of benzene rings is 2. The van der Waals surface area contributed by atoms with Gasteiger partial charge in [0, 0.05) is 17.8 Å². The summed E-state index contributed by atoms with van der Waals surface area (Å²) < 4.78 is 0. The Balaban J connectivity index is 1.74. The number of nitrogens with zero attached hydrogens (tertiary/aromatic N) is 1. The number of amides is 2. The number of nitrogens with one attached hydrogen (secondary N) is 1. The summed E-state index contributed by atoms with van der Waals surface area (Å²) in [5, 5.41) is 2.90. The van der Waals surface area contributed by atoms with Crippen molar-refractivity contribution in [3.8, 4) is 0 Å². The van der Waals surface area contributed by atoms with Crippen molar-refractivity contribution in [3.05, 3.63) is 59.7 Å². The third-order valence-electron chi connectivity index (χ3n) is 4.94. The molecule has 2 aromatic carbocycles. The molecule has 0 unspecified atom stereocenters. The molecule has 1 saturated heterocycles. The Kier molecular flexibility index (Phi) is 6.79. The second-order valence-corrected chi connectivity index (χ2v) is 8.52. The Hall–Kier alpha value is -2.27. The Bertz CT molecular complexity index is 816. The standard InChI is InChI=1S/C23H28N2O2S/c1-4-5-6-21(26)24-19-11-7-18(8-12-19)23-25(22(27)15-28-23)20-13-9-17(10-14-20)16(2)3/h7-14,16,23H,4-6,15H2,1-3H3,(H,24,26)/t23-/m0/s1. The number of anilines is 2. The van der Waals surface area contributed by atoms with Crippen LogP contribution >= 0.6 is 11.8 Å². The summed E-state index contributed by atoms with van der Waals surface area (Å²) in [6, 6.07) is 16.1. The highest BCUT2D eigenvalue weighted by molar-refractivity contribution is 8.00. The summed E-state index contributed by atoms with van der Waals surface area (Å²) in [6.07, 6.45) is 2.45. The van der Waals surface area contributed by atoms with Crippen LogP contribution in [-0.2, 0) is 9.59 Å². The van der Waals surface area contributed by atoms with Gasteiger partial charge in [0.15, 0.2) is 0 Å². The van der Waals surface area contributed by atoms with Crippen LogP contribution in [0.25, 0.3) is 0 Å². The fraction of sp³-hybridized carbons (Fsp3) is 0.391. The number of carbonyl (C=O) groups excluding carboxylic acids is 2. The van der Waals surface area contributed by atoms with Crippen molar-refractivity contribution in [2.75, 3.05) is 16.0 Å². The summed E-state index contributed by atoms with van der Waals surface area (Å²) in [5.41, 5.74) is 4.06. The summed E-state index contributed by atoms with van der Waals surface area (Å²) >= 11 is 1.64. The molecule has 3 rings (SSSR count). The third-order valence-corrected chi connectivity index (χ3v) is 6.16. The lowest BCUT2D eigenvalue weighted by molar-refractivity contribution is -0.116. The molecule has 0 aromatic heterocycles. The van der Waals surface area contributed by atoms with E-state index in [0.29, 0.717) is 18.1 Å². The van der Waals surface area contributed by atoms with Crippen LogP contribution in [0.3, 0.4) is 0 Å². The maximum atomic E-state index is 12.5. The van der Waals surface area contributed by atoms with Crippen molar-refractivity contribution < 1.29 is 9.59 Å². The molecule has 0 radical (unpaired) electrons. The predicted octanol–water partition coefficient (Wildman–Crippen LogP) is 5.72. The zero-order valence-electron chi connectivity index (χ0n) is 16.8. The highest BCUT2D eigenvalue weighted by Gasteiger charge is 2.34. The molecule has 0 aliphatic carbocycles. The Morgan fingerprint density at radius 1 is 1.14 bits per heavy atom. The van der Waals surface area contributed by atoms with Crippen molar-refractivity contribution in [2.45, 2.75) is 51.3 Å². The van der Waals surface area contributed by atoms with Crippen LogP contribution in [0.4, 0.5) is 11.4 Å². The van der Waals surface area contributed by atoms with Crippen LogP contribution < -0.4 is 10.2 Å². The van der Waals surface area contributed by atoms with Gasteiger partial charge in [-0.1, -0.05) is 51.5 Å². The quantitative estimate of drug-likeness (QED) is 0.651. The van der Waals surface area contributed by atoms with Crippen LogP contribution in [-0.4, -0.2) is 17.6 Å². The topological polar surface area (TPSA) is 49.4 Å². The van der Waals surface area contributed by atoms with Gasteiger partial charge in [0.1, 0.15) is 5.37 Å². The molecule has 1 aliphatic rings. The van der Waals surface area contributed by atoms with E-state index < -0.39 is 0 Å². The first-order chi connectivity index (χ1) is 13.5. The van der Waals surface area contributed by atoms with Crippen molar-refractivity contribution in [1.82, 2.24) is 0 Å². The van der Waals surface area contributed by atoms with Gasteiger partial charge < -0.3 is 5.32 Å². The molecule has 0 saturated carbocycles. The van der Waals surface area contributed by atoms with E-state index in [0.717, 1.165) is 29.8 Å². The largest absolute Gasteiger partial charge is 0.326 e. The molecule has 1 N–H and O–H groups in total. The first-order valence-corrected chi connectivity index (χ1v) is 11.0. The maximum Gasteiger partial charge on any atom is 0.238 e. The number of thioether (sulfide) groups is 1. The minimum absolute atomic E-state index is 0.0396. The van der Waals surface area contributed by atoms with E-state index in [-0.39, 0.29) is 17.2 Å². The first kappa shape index (κ1) is 20.5. The molecular weight excluding hydrogens is 368 g/mol. The van der Waals surface area contributed by atoms with E-state index in [1.807, 2.05) is 41.3 Å². The summed E-state index contributed by atoms with van der Waals surface area (Å²) in [7, 11) is 0. The van der Waals surface area contributed by atoms with Crippen molar-refractivity contribution >= 4 is 35.0 Å². The number of rotatable bonds is 7. The number of carbonyl (C=O) groups is 2. The molecule has 148 valence electrons. The highest BCUT2D eigenvalue weighted by atomic mass is 32.2. The van der Waals surface area contributed by atoms with Gasteiger partial charge in [-0.3, -0.25) is 14.5 Å². The van der Waals surface area contributed by atoms with Crippen LogP contribution in [0, 0.1) is 0 Å². The van der Waals surface area contributed by atoms with E-state index in [2.05, 4.69) is 38.2 Å². The second-order valence-electron chi connectivity index (χ2n) is 7.45. The minimum Gasteiger partial charge on any atom is -0.326 e. The molecule has 2 amide bonds. The lowest BCUT2D eigenvalue weighted by Gasteiger charge is -2.25. The minimum atomic E-state index is -0.0396. The molecular formula is C23H28N2O2S. The van der Waals surface area contributed by atoms with Gasteiger partial charge in [0.25, 0.3) is 0 Å². The van der Waals surface area contributed by atoms with Gasteiger partial charge in [0.05, 0.1) is 5.75 Å². The normalized spacial score (nSPS) is 16.6. The Morgan fingerprint density at radius 2 is 1.82 bits per heavy atom. The fourth-order valence-electron chi connectivity index (χ4n) is 3.26. The third kappa shape index (κ3) is 4.76. The number of unbranched alkanes of at least 4 members (excludes halogenated alkanes) is 1. The second kappa shape index (κ2) is 9.28. The molecule has 1 heterocycles. The number of hydrogen-bond acceptors (Lipinski definition) is 3. The van der Waals surface area contributed by atoms with Gasteiger partial charge in [-0.2, -0.15) is 0 Å². The monoisotopic (exact) mass is 396 g/mol. The van der Waals surface area contributed by atoms with E-state index in [4.69, 9.17) is 0 Å². The van der Waals surface area contributed by atoms with Gasteiger partial charge in [-0.15, -0.1) is 11.8 Å². The van der Waals surface area contributed by atoms with Crippen molar-refractivity contribution in [1.29, 1.82) is 0 Å². The molecule has 1 atom stereocenters. The number of hydrogen-bond donors (Lipinski definition) is 1. The van der Waals surface area contributed by atoms with Crippen molar-refractivity contribution in [2.24, 2.45) is 0 Å². The lowest BCUT2D eigenvalue weighted by Crippen LogP contribution is -2.27. The molecule has 1 fully saturated rings. The Morgan fingerprint density at radius 3 is 2.43 bits per heavy atom. The van der Waals surface area contributed by atoms with Gasteiger partial charge in [-0.25, -0.2) is 0 Å². The summed E-state index contributed by atoms with van der Waals surface area (Å²) in [4.78, 5) is 26.3. The molecule has 4 nitrogen and oxygen atoms in total. The summed E-state index contributed by atoms with van der Waals surface area (Å²) in [6.45, 7) is 6.40. The lowest BCUT2D eigenvalue weighted by atomic mass is 10.0. The van der Waals surface area contributed by atoms with E-state index in [1.165, 1.54) is 5.56 Å². The van der Waals surface area contributed by atoms with Crippen LogP contribution in [0.2, 0.25) is 0 Å². The van der Waals surface area contributed by atoms with Gasteiger partial charge >= 0.3 is 0 Å². The average molecular weight is 397 g/mol. The zero-order valence-corrected chi connectivity index (χ0v) is 17.6. The zero-order chi connectivity index (χ0) is 20.1. The fourth-order valence-corrected chi connectivity index (χ4v) is 4.44. The van der Waals surface area contributed by atoms with E-state index in [9.17, 15) is 9.59 Å². The highest BCUT2D eigenvalue weighted by Crippen LogP contribution is 2.42.